The number of thioether (sulfide) groups is 1. The Balaban J connectivity index is 2.08. The summed E-state index contributed by atoms with van der Waals surface area (Å²) in [6, 6.07) is 7.06. The van der Waals surface area contributed by atoms with Gasteiger partial charge in [-0.25, -0.2) is 13.1 Å². The van der Waals surface area contributed by atoms with Gasteiger partial charge in [0.1, 0.15) is 0 Å². The van der Waals surface area contributed by atoms with Gasteiger partial charge < -0.3 is 0 Å². The van der Waals surface area contributed by atoms with Crippen LogP contribution in [0.1, 0.15) is 18.4 Å². The Bertz CT molecular complexity index is 481. The smallest absolute Gasteiger partial charge is 0.207 e. The van der Waals surface area contributed by atoms with Gasteiger partial charge in [-0.05, 0) is 36.3 Å². The van der Waals surface area contributed by atoms with E-state index in [0.29, 0.717) is 4.90 Å². The fourth-order valence-electron chi connectivity index (χ4n) is 1.88. The Hall–Kier alpha value is -0.0400. The number of sulfonamides is 1. The zero-order valence-corrected chi connectivity index (χ0v) is 13.2. The number of rotatable bonds is 4. The molecule has 6 heteroatoms. The highest BCUT2D eigenvalue weighted by atomic mass is 79.9. The standard InChI is InChI=1S/C12H16BrNO2S2/c13-8-10-3-5-12(6-4-10)18(15,16)14-11-2-1-7-17-9-11/h3-6,11,14H,1-2,7-9H2. The van der Waals surface area contributed by atoms with Crippen LogP contribution in [0.5, 0.6) is 0 Å². The fraction of sp³-hybridized carbons (Fsp3) is 0.500. The van der Waals surface area contributed by atoms with Gasteiger partial charge in [-0.2, -0.15) is 11.8 Å². The first-order valence-corrected chi connectivity index (χ1v) is 9.63. The molecule has 3 nitrogen and oxygen atoms in total. The van der Waals surface area contributed by atoms with Gasteiger partial charge in [0.05, 0.1) is 4.90 Å². The summed E-state index contributed by atoms with van der Waals surface area (Å²) >= 11 is 5.16. The Morgan fingerprint density at radius 1 is 1.33 bits per heavy atom. The molecule has 1 saturated heterocycles. The van der Waals surface area contributed by atoms with E-state index in [0.717, 1.165) is 35.2 Å². The van der Waals surface area contributed by atoms with E-state index in [2.05, 4.69) is 20.7 Å². The Morgan fingerprint density at radius 2 is 2.06 bits per heavy atom. The normalized spacial score (nSPS) is 20.8. The van der Waals surface area contributed by atoms with Gasteiger partial charge in [0.15, 0.2) is 0 Å². The minimum atomic E-state index is -3.36. The zero-order chi connectivity index (χ0) is 13.0. The molecule has 0 saturated carbocycles. The number of benzene rings is 1. The van der Waals surface area contributed by atoms with Gasteiger partial charge in [-0.3, -0.25) is 0 Å². The molecule has 0 spiro atoms. The first kappa shape index (κ1) is 14.4. The van der Waals surface area contributed by atoms with E-state index in [-0.39, 0.29) is 6.04 Å². The summed E-state index contributed by atoms with van der Waals surface area (Å²) in [7, 11) is -3.36. The van der Waals surface area contributed by atoms with Gasteiger partial charge in [0, 0.05) is 17.1 Å². The fourth-order valence-corrected chi connectivity index (χ4v) is 4.70. The lowest BCUT2D eigenvalue weighted by Gasteiger charge is -2.22. The van der Waals surface area contributed by atoms with E-state index in [1.807, 2.05) is 23.9 Å². The summed E-state index contributed by atoms with van der Waals surface area (Å²) in [6.45, 7) is 0. The molecule has 1 N–H and O–H groups in total. The van der Waals surface area contributed by atoms with Crippen molar-refractivity contribution in [3.8, 4) is 0 Å². The van der Waals surface area contributed by atoms with E-state index in [9.17, 15) is 8.42 Å². The summed E-state index contributed by atoms with van der Waals surface area (Å²) in [4.78, 5) is 0.350. The minimum Gasteiger partial charge on any atom is -0.207 e. The lowest BCUT2D eigenvalue weighted by Crippen LogP contribution is -2.38. The maximum atomic E-state index is 12.2. The van der Waals surface area contributed by atoms with Crippen LogP contribution in [0.2, 0.25) is 0 Å². The van der Waals surface area contributed by atoms with Gasteiger partial charge in [0.25, 0.3) is 0 Å². The number of hydrogen-bond acceptors (Lipinski definition) is 3. The first-order chi connectivity index (χ1) is 8.62. The molecule has 1 unspecified atom stereocenters. The second-order valence-electron chi connectivity index (χ2n) is 4.31. The highest BCUT2D eigenvalue weighted by molar-refractivity contribution is 9.08. The molecule has 1 atom stereocenters. The molecule has 1 fully saturated rings. The number of alkyl halides is 1. The second-order valence-corrected chi connectivity index (χ2v) is 7.74. The van der Waals surface area contributed by atoms with Crippen LogP contribution in [0, 0.1) is 0 Å². The Labute approximate surface area is 121 Å². The van der Waals surface area contributed by atoms with Crippen LogP contribution < -0.4 is 4.72 Å². The molecule has 18 heavy (non-hydrogen) atoms. The molecule has 0 radical (unpaired) electrons. The van der Waals surface area contributed by atoms with Crippen molar-refractivity contribution < 1.29 is 8.42 Å². The molecular weight excluding hydrogens is 334 g/mol. The summed E-state index contributed by atoms with van der Waals surface area (Å²) in [5.41, 5.74) is 1.07. The maximum absolute atomic E-state index is 12.2. The van der Waals surface area contributed by atoms with Crippen LogP contribution in [0.3, 0.4) is 0 Å². The summed E-state index contributed by atoms with van der Waals surface area (Å²) in [6.07, 6.45) is 2.02. The monoisotopic (exact) mass is 349 g/mol. The third-order valence-corrected chi connectivity index (χ3v) is 6.27. The van der Waals surface area contributed by atoms with Crippen molar-refractivity contribution in [2.24, 2.45) is 0 Å². The molecule has 2 rings (SSSR count). The number of hydrogen-bond donors (Lipinski definition) is 1. The van der Waals surface area contributed by atoms with Gasteiger partial charge in [-0.15, -0.1) is 0 Å². The minimum absolute atomic E-state index is 0.0737. The van der Waals surface area contributed by atoms with Crippen LogP contribution in [-0.4, -0.2) is 26.0 Å². The summed E-state index contributed by atoms with van der Waals surface area (Å²) < 4.78 is 27.1. The van der Waals surface area contributed by atoms with Crippen molar-refractivity contribution in [3.63, 3.8) is 0 Å². The lowest BCUT2D eigenvalue weighted by atomic mass is 10.2. The van der Waals surface area contributed by atoms with Crippen molar-refractivity contribution >= 4 is 37.7 Å². The maximum Gasteiger partial charge on any atom is 0.240 e. The van der Waals surface area contributed by atoms with Crippen molar-refractivity contribution in [3.05, 3.63) is 29.8 Å². The quantitative estimate of drug-likeness (QED) is 0.850. The van der Waals surface area contributed by atoms with Crippen LogP contribution >= 0.6 is 27.7 Å². The van der Waals surface area contributed by atoms with Crippen LogP contribution in [0.15, 0.2) is 29.2 Å². The van der Waals surface area contributed by atoms with Gasteiger partial charge >= 0.3 is 0 Å². The Kier molecular flexibility index (Phi) is 5.12. The molecule has 1 aromatic rings. The molecule has 0 amide bonds. The predicted molar refractivity (Wildman–Crippen MR) is 79.7 cm³/mol. The van der Waals surface area contributed by atoms with Crippen LogP contribution in [-0.2, 0) is 15.4 Å². The average Bonchev–Trinajstić information content (AvgIpc) is 2.39. The highest BCUT2D eigenvalue weighted by Gasteiger charge is 2.21. The topological polar surface area (TPSA) is 46.2 Å². The first-order valence-electron chi connectivity index (χ1n) is 5.87. The molecule has 0 aromatic heterocycles. The highest BCUT2D eigenvalue weighted by Crippen LogP contribution is 2.19. The second kappa shape index (κ2) is 6.41. The average molecular weight is 350 g/mol. The van der Waals surface area contributed by atoms with Crippen LogP contribution in [0.25, 0.3) is 0 Å². The lowest BCUT2D eigenvalue weighted by molar-refractivity contribution is 0.543. The molecule has 1 aliphatic heterocycles. The molecule has 0 aliphatic carbocycles. The van der Waals surface area contributed by atoms with E-state index in [1.165, 1.54) is 0 Å². The van der Waals surface area contributed by atoms with E-state index < -0.39 is 10.0 Å². The summed E-state index contributed by atoms with van der Waals surface area (Å²) in [5.74, 6) is 2.01. The van der Waals surface area contributed by atoms with Crippen molar-refractivity contribution in [1.29, 1.82) is 0 Å². The summed E-state index contributed by atoms with van der Waals surface area (Å²) in [5, 5.41) is 0.736. The molecular formula is C12H16BrNO2S2. The van der Waals surface area contributed by atoms with E-state index in [1.54, 1.807) is 12.1 Å². The van der Waals surface area contributed by atoms with Crippen LogP contribution in [0.4, 0.5) is 0 Å². The van der Waals surface area contributed by atoms with Gasteiger partial charge in [-0.1, -0.05) is 28.1 Å². The largest absolute Gasteiger partial charge is 0.240 e. The molecule has 100 valence electrons. The molecule has 0 bridgehead atoms. The van der Waals surface area contributed by atoms with Crippen molar-refractivity contribution in [2.45, 2.75) is 29.1 Å². The third-order valence-electron chi connectivity index (χ3n) is 2.87. The molecule has 1 aromatic carbocycles. The third kappa shape index (κ3) is 3.73. The van der Waals surface area contributed by atoms with E-state index >= 15 is 0 Å². The predicted octanol–water partition coefficient (Wildman–Crippen LogP) is 2.76. The molecule has 1 heterocycles. The Morgan fingerprint density at radius 3 is 2.61 bits per heavy atom. The SMILES string of the molecule is O=S(=O)(NC1CCCSC1)c1ccc(CBr)cc1. The van der Waals surface area contributed by atoms with Crippen molar-refractivity contribution in [1.82, 2.24) is 4.72 Å². The van der Waals surface area contributed by atoms with Gasteiger partial charge in [0.2, 0.25) is 10.0 Å². The zero-order valence-electron chi connectivity index (χ0n) is 9.93. The van der Waals surface area contributed by atoms with E-state index in [4.69, 9.17) is 0 Å². The number of nitrogens with one attached hydrogen (secondary N) is 1. The number of halogens is 1. The molecule has 1 aliphatic rings. The van der Waals surface area contributed by atoms with Crippen molar-refractivity contribution in [2.75, 3.05) is 11.5 Å².